The number of oxazole rings is 1. The highest BCUT2D eigenvalue weighted by Gasteiger charge is 2.12. The molecule has 0 fully saturated rings. The Morgan fingerprint density at radius 2 is 1.88 bits per heavy atom. The van der Waals surface area contributed by atoms with Gasteiger partial charge in [0.1, 0.15) is 0 Å². The number of carbonyl (C=O) groups excluding carboxylic acids is 1. The van der Waals surface area contributed by atoms with E-state index in [0.717, 1.165) is 11.1 Å². The van der Waals surface area contributed by atoms with Crippen LogP contribution in [0.2, 0.25) is 5.02 Å². The number of fused-ring (bicyclic) bond motifs is 1. The van der Waals surface area contributed by atoms with Gasteiger partial charge >= 0.3 is 5.76 Å². The van der Waals surface area contributed by atoms with E-state index in [2.05, 4.69) is 0 Å². The second-order valence-electron chi connectivity index (χ2n) is 5.97. The molecule has 6 heteroatoms. The molecule has 0 N–H and O–H groups in total. The Morgan fingerprint density at radius 3 is 2.64 bits per heavy atom. The number of rotatable bonds is 6. The van der Waals surface area contributed by atoms with Crippen molar-refractivity contribution >= 4 is 28.6 Å². The second kappa shape index (κ2) is 7.57. The average Bonchev–Trinajstić information content (AvgIpc) is 2.92. The van der Waals surface area contributed by atoms with Gasteiger partial charge in [0, 0.05) is 31.6 Å². The number of benzene rings is 2. The summed E-state index contributed by atoms with van der Waals surface area (Å²) >= 11 is 5.87. The predicted molar refractivity (Wildman–Crippen MR) is 97.6 cm³/mol. The van der Waals surface area contributed by atoms with Crippen molar-refractivity contribution in [2.45, 2.75) is 25.9 Å². The van der Waals surface area contributed by atoms with E-state index in [1.54, 1.807) is 22.6 Å². The third-order valence-electron chi connectivity index (χ3n) is 4.10. The Balaban J connectivity index is 1.56. The summed E-state index contributed by atoms with van der Waals surface area (Å²) in [6, 6.07) is 14.7. The highest BCUT2D eigenvalue weighted by molar-refractivity contribution is 6.30. The number of carbonyl (C=O) groups is 1. The quantitative estimate of drug-likeness (QED) is 0.675. The SMILES string of the molecule is CN(Cc1ccc(Cl)cc1)C(=O)CCCn1c(=O)oc2ccccc21. The monoisotopic (exact) mass is 358 g/mol. The fourth-order valence-corrected chi connectivity index (χ4v) is 2.88. The molecule has 1 aromatic heterocycles. The number of hydrogen-bond acceptors (Lipinski definition) is 3. The van der Waals surface area contributed by atoms with E-state index in [0.29, 0.717) is 36.5 Å². The molecule has 0 aliphatic rings. The van der Waals surface area contributed by atoms with Gasteiger partial charge < -0.3 is 9.32 Å². The van der Waals surface area contributed by atoms with Gasteiger partial charge in [0.2, 0.25) is 5.91 Å². The zero-order valence-corrected chi connectivity index (χ0v) is 14.7. The molecule has 25 heavy (non-hydrogen) atoms. The molecular formula is C19H19ClN2O3. The van der Waals surface area contributed by atoms with Crippen LogP contribution >= 0.6 is 11.6 Å². The van der Waals surface area contributed by atoms with Gasteiger partial charge in [0.15, 0.2) is 5.58 Å². The van der Waals surface area contributed by atoms with Crippen LogP contribution in [0.25, 0.3) is 11.1 Å². The highest BCUT2D eigenvalue weighted by atomic mass is 35.5. The third kappa shape index (κ3) is 4.12. The zero-order valence-electron chi connectivity index (χ0n) is 13.9. The molecule has 0 aliphatic heterocycles. The maximum atomic E-state index is 12.3. The minimum absolute atomic E-state index is 0.0378. The van der Waals surface area contributed by atoms with Crippen molar-refractivity contribution < 1.29 is 9.21 Å². The van der Waals surface area contributed by atoms with Crippen LogP contribution in [0.3, 0.4) is 0 Å². The maximum Gasteiger partial charge on any atom is 0.419 e. The number of aromatic nitrogens is 1. The predicted octanol–water partition coefficient (Wildman–Crippen LogP) is 3.69. The van der Waals surface area contributed by atoms with Crippen molar-refractivity contribution in [1.82, 2.24) is 9.47 Å². The maximum absolute atomic E-state index is 12.3. The van der Waals surface area contributed by atoms with E-state index in [4.69, 9.17) is 16.0 Å². The van der Waals surface area contributed by atoms with Crippen LogP contribution in [-0.2, 0) is 17.9 Å². The molecule has 2 aromatic carbocycles. The Bertz CT molecular complexity index is 928. The summed E-state index contributed by atoms with van der Waals surface area (Å²) < 4.78 is 6.77. The first-order valence-corrected chi connectivity index (χ1v) is 8.49. The molecule has 0 atom stereocenters. The first kappa shape index (κ1) is 17.3. The summed E-state index contributed by atoms with van der Waals surface area (Å²) in [5, 5.41) is 0.676. The van der Waals surface area contributed by atoms with E-state index >= 15 is 0 Å². The largest absolute Gasteiger partial charge is 0.419 e. The standard InChI is InChI=1S/C19H19ClN2O3/c1-21(13-14-8-10-15(20)11-9-14)18(23)7-4-12-22-16-5-2-3-6-17(16)25-19(22)24/h2-3,5-6,8-11H,4,7,12-13H2,1H3. The number of halogens is 1. The van der Waals surface area contributed by atoms with Crippen molar-refractivity contribution in [2.24, 2.45) is 0 Å². The molecule has 1 heterocycles. The van der Waals surface area contributed by atoms with Crippen LogP contribution < -0.4 is 5.76 Å². The van der Waals surface area contributed by atoms with Crippen LogP contribution in [0.5, 0.6) is 0 Å². The van der Waals surface area contributed by atoms with Crippen molar-refractivity contribution in [2.75, 3.05) is 7.05 Å². The number of aryl methyl sites for hydroxylation is 1. The van der Waals surface area contributed by atoms with Gasteiger partial charge in [0.25, 0.3) is 0 Å². The Labute approximate surface area is 150 Å². The molecule has 3 aromatic rings. The molecule has 1 amide bonds. The topological polar surface area (TPSA) is 55.5 Å². The number of hydrogen-bond donors (Lipinski definition) is 0. The molecule has 0 saturated carbocycles. The smallest absolute Gasteiger partial charge is 0.408 e. The van der Waals surface area contributed by atoms with Gasteiger partial charge in [0.05, 0.1) is 5.52 Å². The summed E-state index contributed by atoms with van der Waals surface area (Å²) in [6.45, 7) is 0.987. The molecule has 0 spiro atoms. The first-order valence-electron chi connectivity index (χ1n) is 8.11. The summed E-state index contributed by atoms with van der Waals surface area (Å²) in [5.74, 6) is -0.348. The van der Waals surface area contributed by atoms with E-state index in [-0.39, 0.29) is 11.7 Å². The minimum atomic E-state index is -0.386. The van der Waals surface area contributed by atoms with Crippen LogP contribution in [0.4, 0.5) is 0 Å². The summed E-state index contributed by atoms with van der Waals surface area (Å²) in [6.07, 6.45) is 0.948. The van der Waals surface area contributed by atoms with Gasteiger partial charge in [-0.1, -0.05) is 35.9 Å². The van der Waals surface area contributed by atoms with Crippen molar-refractivity contribution in [3.63, 3.8) is 0 Å². The van der Waals surface area contributed by atoms with E-state index in [1.165, 1.54) is 0 Å². The van der Waals surface area contributed by atoms with E-state index < -0.39 is 0 Å². The minimum Gasteiger partial charge on any atom is -0.408 e. The van der Waals surface area contributed by atoms with Crippen molar-refractivity contribution in [3.8, 4) is 0 Å². The lowest BCUT2D eigenvalue weighted by molar-refractivity contribution is -0.130. The molecule has 0 unspecified atom stereocenters. The summed E-state index contributed by atoms with van der Waals surface area (Å²) in [7, 11) is 1.77. The first-order chi connectivity index (χ1) is 12.0. The number of para-hydroxylation sites is 2. The molecule has 3 rings (SSSR count). The Kier molecular flexibility index (Phi) is 5.24. The Morgan fingerprint density at radius 1 is 1.16 bits per heavy atom. The van der Waals surface area contributed by atoms with Gasteiger partial charge in [-0.15, -0.1) is 0 Å². The van der Waals surface area contributed by atoms with Gasteiger partial charge in [-0.2, -0.15) is 0 Å². The normalized spacial score (nSPS) is 11.0. The average molecular weight is 359 g/mol. The third-order valence-corrected chi connectivity index (χ3v) is 4.36. The lowest BCUT2D eigenvalue weighted by Gasteiger charge is -2.17. The molecule has 0 bridgehead atoms. The van der Waals surface area contributed by atoms with Gasteiger partial charge in [-0.3, -0.25) is 9.36 Å². The fraction of sp³-hybridized carbons (Fsp3) is 0.263. The highest BCUT2D eigenvalue weighted by Crippen LogP contribution is 2.14. The van der Waals surface area contributed by atoms with Crippen LogP contribution in [-0.4, -0.2) is 22.4 Å². The van der Waals surface area contributed by atoms with Crippen molar-refractivity contribution in [3.05, 3.63) is 69.7 Å². The van der Waals surface area contributed by atoms with Crippen LogP contribution in [0, 0.1) is 0 Å². The molecule has 5 nitrogen and oxygen atoms in total. The lowest BCUT2D eigenvalue weighted by atomic mass is 10.2. The summed E-state index contributed by atoms with van der Waals surface area (Å²) in [4.78, 5) is 25.9. The fourth-order valence-electron chi connectivity index (χ4n) is 2.76. The van der Waals surface area contributed by atoms with Crippen LogP contribution in [0.15, 0.2) is 57.7 Å². The van der Waals surface area contributed by atoms with E-state index in [1.807, 2.05) is 42.5 Å². The van der Waals surface area contributed by atoms with Crippen molar-refractivity contribution in [1.29, 1.82) is 0 Å². The molecule has 0 aliphatic carbocycles. The number of amides is 1. The molecule has 130 valence electrons. The zero-order chi connectivity index (χ0) is 17.8. The molecular weight excluding hydrogens is 340 g/mol. The second-order valence-corrected chi connectivity index (χ2v) is 6.40. The number of nitrogens with zero attached hydrogens (tertiary/aromatic N) is 2. The van der Waals surface area contributed by atoms with Gasteiger partial charge in [-0.05, 0) is 36.2 Å². The summed E-state index contributed by atoms with van der Waals surface area (Å²) in [5.41, 5.74) is 2.35. The van der Waals surface area contributed by atoms with Gasteiger partial charge in [-0.25, -0.2) is 4.79 Å². The van der Waals surface area contributed by atoms with Crippen LogP contribution in [0.1, 0.15) is 18.4 Å². The Hall–Kier alpha value is -2.53. The molecule has 0 saturated heterocycles. The van der Waals surface area contributed by atoms with E-state index in [9.17, 15) is 9.59 Å². The molecule has 0 radical (unpaired) electrons. The lowest BCUT2D eigenvalue weighted by Crippen LogP contribution is -2.26.